The number of anilines is 1. The molecule has 0 saturated carbocycles. The normalized spacial score (nSPS) is 12.8. The molecule has 4 heterocycles. The molecule has 3 aromatic heterocycles. The Labute approximate surface area is 172 Å². The Balaban J connectivity index is 1.31. The molecule has 0 fully saturated rings. The Bertz CT molecular complexity index is 1280. The highest BCUT2D eigenvalue weighted by molar-refractivity contribution is 7.16. The standard InChI is InChI=1S/C19H14N4O4S2/c24-16(8-23-10-20-17-12(18(23)25)3-6-28-17)22-19-21-13(9-29-19)11-1-2-14-15(7-11)27-5-4-26-14/h1-3,6-7,9-10H,4-5,8H2,(H,21,22,24). The summed E-state index contributed by atoms with van der Waals surface area (Å²) in [5, 5.41) is 7.37. The number of carbonyl (C=O) groups excluding carboxylic acids is 1. The second-order valence-electron chi connectivity index (χ2n) is 6.26. The van der Waals surface area contributed by atoms with Gasteiger partial charge in [0.1, 0.15) is 24.6 Å². The number of fused-ring (bicyclic) bond motifs is 2. The average Bonchev–Trinajstić information content (AvgIpc) is 3.40. The van der Waals surface area contributed by atoms with Crippen LogP contribution in [0.4, 0.5) is 5.13 Å². The minimum absolute atomic E-state index is 0.128. The number of aromatic nitrogens is 3. The van der Waals surface area contributed by atoms with Gasteiger partial charge in [0.2, 0.25) is 5.91 Å². The van der Waals surface area contributed by atoms with Crippen molar-refractivity contribution in [2.24, 2.45) is 0 Å². The molecule has 0 atom stereocenters. The molecule has 1 N–H and O–H groups in total. The molecule has 0 unspecified atom stereocenters. The summed E-state index contributed by atoms with van der Waals surface area (Å²) in [6.45, 7) is 0.925. The summed E-state index contributed by atoms with van der Waals surface area (Å²) in [7, 11) is 0. The smallest absolute Gasteiger partial charge is 0.262 e. The lowest BCUT2D eigenvalue weighted by molar-refractivity contribution is -0.116. The van der Waals surface area contributed by atoms with Crippen LogP contribution in [0.3, 0.4) is 0 Å². The number of nitrogens with one attached hydrogen (secondary N) is 1. The molecule has 0 aliphatic carbocycles. The summed E-state index contributed by atoms with van der Waals surface area (Å²) < 4.78 is 12.4. The van der Waals surface area contributed by atoms with Gasteiger partial charge in [0.05, 0.1) is 17.4 Å². The third-order valence-electron chi connectivity index (χ3n) is 4.35. The highest BCUT2D eigenvalue weighted by Crippen LogP contribution is 2.35. The van der Waals surface area contributed by atoms with Crippen molar-refractivity contribution in [2.45, 2.75) is 6.54 Å². The van der Waals surface area contributed by atoms with E-state index in [-0.39, 0.29) is 18.0 Å². The molecule has 5 rings (SSSR count). The maximum absolute atomic E-state index is 12.4. The van der Waals surface area contributed by atoms with Crippen molar-refractivity contribution < 1.29 is 14.3 Å². The summed E-state index contributed by atoms with van der Waals surface area (Å²) in [5.74, 6) is 1.06. The van der Waals surface area contributed by atoms with E-state index in [1.807, 2.05) is 23.6 Å². The number of carbonyl (C=O) groups is 1. The quantitative estimate of drug-likeness (QED) is 0.539. The summed E-state index contributed by atoms with van der Waals surface area (Å²) >= 11 is 2.70. The van der Waals surface area contributed by atoms with Crippen molar-refractivity contribution in [3.63, 3.8) is 0 Å². The molecule has 0 spiro atoms. The fourth-order valence-electron chi connectivity index (χ4n) is 2.99. The molecule has 0 saturated heterocycles. The van der Waals surface area contributed by atoms with E-state index in [0.717, 1.165) is 11.3 Å². The maximum Gasteiger partial charge on any atom is 0.262 e. The Kier molecular flexibility index (Phi) is 4.49. The third-order valence-corrected chi connectivity index (χ3v) is 5.93. The van der Waals surface area contributed by atoms with Crippen LogP contribution in [0.25, 0.3) is 21.5 Å². The predicted octanol–water partition coefficient (Wildman–Crippen LogP) is 2.99. The van der Waals surface area contributed by atoms with Gasteiger partial charge in [-0.1, -0.05) is 0 Å². The third kappa shape index (κ3) is 3.47. The summed E-state index contributed by atoms with van der Waals surface area (Å²) in [4.78, 5) is 34.1. The Morgan fingerprint density at radius 1 is 1.17 bits per heavy atom. The van der Waals surface area contributed by atoms with Gasteiger partial charge in [0.15, 0.2) is 16.6 Å². The number of amides is 1. The number of nitrogens with zero attached hydrogens (tertiary/aromatic N) is 3. The van der Waals surface area contributed by atoms with Crippen LogP contribution in [-0.2, 0) is 11.3 Å². The fraction of sp³-hybridized carbons (Fsp3) is 0.158. The monoisotopic (exact) mass is 426 g/mol. The summed E-state index contributed by atoms with van der Waals surface area (Å²) in [5.41, 5.74) is 1.36. The first-order valence-electron chi connectivity index (χ1n) is 8.75. The van der Waals surface area contributed by atoms with Crippen LogP contribution >= 0.6 is 22.7 Å². The number of rotatable bonds is 4. The first-order chi connectivity index (χ1) is 14.2. The minimum Gasteiger partial charge on any atom is -0.486 e. The molecule has 10 heteroatoms. The van der Waals surface area contributed by atoms with E-state index in [1.165, 1.54) is 33.6 Å². The van der Waals surface area contributed by atoms with Crippen molar-refractivity contribution >= 4 is 43.9 Å². The molecule has 1 aliphatic rings. The largest absolute Gasteiger partial charge is 0.486 e. The zero-order valence-electron chi connectivity index (χ0n) is 15.0. The molecule has 0 radical (unpaired) electrons. The molecule has 1 aromatic carbocycles. The van der Waals surface area contributed by atoms with Crippen LogP contribution in [0.5, 0.6) is 11.5 Å². The number of hydrogen-bond donors (Lipinski definition) is 1. The van der Waals surface area contributed by atoms with Gasteiger partial charge in [0, 0.05) is 10.9 Å². The van der Waals surface area contributed by atoms with Gasteiger partial charge in [-0.15, -0.1) is 22.7 Å². The SMILES string of the molecule is O=C(Cn1cnc2sccc2c1=O)Nc1nc(-c2ccc3c(c2)OCCO3)cs1. The Morgan fingerprint density at radius 3 is 2.93 bits per heavy atom. The highest BCUT2D eigenvalue weighted by atomic mass is 32.1. The lowest BCUT2D eigenvalue weighted by atomic mass is 10.1. The van der Waals surface area contributed by atoms with Gasteiger partial charge in [-0.25, -0.2) is 9.97 Å². The predicted molar refractivity (Wildman–Crippen MR) is 111 cm³/mol. The van der Waals surface area contributed by atoms with Crippen LogP contribution in [-0.4, -0.2) is 33.7 Å². The van der Waals surface area contributed by atoms with E-state index in [4.69, 9.17) is 9.47 Å². The molecule has 0 bridgehead atoms. The van der Waals surface area contributed by atoms with Crippen LogP contribution in [0.2, 0.25) is 0 Å². The van der Waals surface area contributed by atoms with Gasteiger partial charge in [-0.3, -0.25) is 14.2 Å². The van der Waals surface area contributed by atoms with Crippen LogP contribution < -0.4 is 20.3 Å². The van der Waals surface area contributed by atoms with Crippen molar-refractivity contribution in [1.82, 2.24) is 14.5 Å². The van der Waals surface area contributed by atoms with Crippen LogP contribution in [0, 0.1) is 0 Å². The van der Waals surface area contributed by atoms with Crippen molar-refractivity contribution in [3.8, 4) is 22.8 Å². The van der Waals surface area contributed by atoms with Gasteiger partial charge in [-0.2, -0.15) is 0 Å². The van der Waals surface area contributed by atoms with E-state index in [0.29, 0.717) is 40.1 Å². The van der Waals surface area contributed by atoms with E-state index >= 15 is 0 Å². The second kappa shape index (κ2) is 7.30. The topological polar surface area (TPSA) is 95.3 Å². The zero-order chi connectivity index (χ0) is 19.8. The van der Waals surface area contributed by atoms with Crippen molar-refractivity contribution in [1.29, 1.82) is 0 Å². The van der Waals surface area contributed by atoms with Crippen molar-refractivity contribution in [3.05, 3.63) is 51.7 Å². The average molecular weight is 426 g/mol. The highest BCUT2D eigenvalue weighted by Gasteiger charge is 2.15. The van der Waals surface area contributed by atoms with Gasteiger partial charge >= 0.3 is 0 Å². The second-order valence-corrected chi connectivity index (χ2v) is 8.01. The number of ether oxygens (including phenoxy) is 2. The number of thiophene rings is 1. The van der Waals surface area contributed by atoms with Crippen LogP contribution in [0.1, 0.15) is 0 Å². The fourth-order valence-corrected chi connectivity index (χ4v) is 4.45. The number of benzene rings is 1. The molecule has 4 aromatic rings. The van der Waals surface area contributed by atoms with Gasteiger partial charge in [0.25, 0.3) is 5.56 Å². The van der Waals surface area contributed by atoms with Gasteiger partial charge in [-0.05, 0) is 29.6 Å². The molecular formula is C19H14N4O4S2. The first kappa shape index (κ1) is 17.8. The minimum atomic E-state index is -0.341. The Hall–Kier alpha value is -3.24. The van der Waals surface area contributed by atoms with E-state index in [1.54, 1.807) is 11.4 Å². The van der Waals surface area contributed by atoms with E-state index in [9.17, 15) is 9.59 Å². The molecule has 146 valence electrons. The molecule has 1 amide bonds. The first-order valence-corrected chi connectivity index (χ1v) is 10.5. The Morgan fingerprint density at radius 2 is 2.03 bits per heavy atom. The summed E-state index contributed by atoms with van der Waals surface area (Å²) in [6.07, 6.45) is 1.39. The van der Waals surface area contributed by atoms with Crippen LogP contribution in [0.15, 0.2) is 46.1 Å². The molecule has 8 nitrogen and oxygen atoms in total. The van der Waals surface area contributed by atoms with E-state index in [2.05, 4.69) is 15.3 Å². The summed E-state index contributed by atoms with van der Waals surface area (Å²) in [6, 6.07) is 7.33. The zero-order valence-corrected chi connectivity index (χ0v) is 16.6. The van der Waals surface area contributed by atoms with E-state index < -0.39 is 0 Å². The van der Waals surface area contributed by atoms with Crippen molar-refractivity contribution in [2.75, 3.05) is 18.5 Å². The lowest BCUT2D eigenvalue weighted by Gasteiger charge is -2.18. The molecule has 1 aliphatic heterocycles. The number of thiazole rings is 1. The lowest BCUT2D eigenvalue weighted by Crippen LogP contribution is -2.27. The number of hydrogen-bond acceptors (Lipinski definition) is 8. The maximum atomic E-state index is 12.4. The van der Waals surface area contributed by atoms with Gasteiger partial charge < -0.3 is 14.8 Å². The molecular weight excluding hydrogens is 412 g/mol. The molecule has 29 heavy (non-hydrogen) atoms.